The van der Waals surface area contributed by atoms with Crippen molar-refractivity contribution < 1.29 is 0 Å². The van der Waals surface area contributed by atoms with Gasteiger partial charge in [-0.15, -0.1) is 10.2 Å². The van der Waals surface area contributed by atoms with E-state index in [4.69, 9.17) is 0 Å². The lowest BCUT2D eigenvalue weighted by Gasteiger charge is -2.10. The molecule has 0 fully saturated rings. The summed E-state index contributed by atoms with van der Waals surface area (Å²) < 4.78 is 1.91. The molecule has 7 heteroatoms. The number of aromatic nitrogens is 6. The number of H-pyrrole nitrogens is 1. The first-order valence-electron chi connectivity index (χ1n) is 6.04. The number of likely N-dealkylation sites (N-methyl/N-ethyl adjacent to an activating group) is 1. The van der Waals surface area contributed by atoms with Crippen molar-refractivity contribution in [1.82, 2.24) is 34.9 Å². The van der Waals surface area contributed by atoms with Crippen molar-refractivity contribution in [2.45, 2.75) is 26.3 Å². The zero-order chi connectivity index (χ0) is 12.5. The molecule has 3 aromatic rings. The highest BCUT2D eigenvalue weighted by molar-refractivity contribution is 5.84. The van der Waals surface area contributed by atoms with Crippen LogP contribution < -0.4 is 5.32 Å². The molecule has 3 heterocycles. The summed E-state index contributed by atoms with van der Waals surface area (Å²) >= 11 is 0. The van der Waals surface area contributed by atoms with Crippen LogP contribution in [-0.4, -0.2) is 42.1 Å². The van der Waals surface area contributed by atoms with Crippen molar-refractivity contribution >= 4 is 16.8 Å². The molecule has 2 N–H and O–H groups in total. The fourth-order valence-corrected chi connectivity index (χ4v) is 2.11. The van der Waals surface area contributed by atoms with Gasteiger partial charge in [0.2, 0.25) is 0 Å². The van der Waals surface area contributed by atoms with E-state index < -0.39 is 0 Å². The SMILES string of the molecule is CCNC(C)Cc1nnc2c3[nH]cnc3ncn12. The highest BCUT2D eigenvalue weighted by Gasteiger charge is 2.12. The lowest BCUT2D eigenvalue weighted by atomic mass is 10.2. The second-order valence-corrected chi connectivity index (χ2v) is 4.32. The van der Waals surface area contributed by atoms with Crippen LogP contribution in [0.1, 0.15) is 19.7 Å². The van der Waals surface area contributed by atoms with Crippen molar-refractivity contribution in [2.24, 2.45) is 0 Å². The second-order valence-electron chi connectivity index (χ2n) is 4.32. The lowest BCUT2D eigenvalue weighted by Crippen LogP contribution is -2.28. The number of hydrogen-bond acceptors (Lipinski definition) is 5. The molecule has 0 aliphatic heterocycles. The van der Waals surface area contributed by atoms with E-state index >= 15 is 0 Å². The summed E-state index contributed by atoms with van der Waals surface area (Å²) in [5, 5.41) is 11.8. The summed E-state index contributed by atoms with van der Waals surface area (Å²) in [7, 11) is 0. The van der Waals surface area contributed by atoms with Crippen molar-refractivity contribution in [3.05, 3.63) is 18.5 Å². The van der Waals surface area contributed by atoms with Crippen LogP contribution >= 0.6 is 0 Å². The molecule has 0 radical (unpaired) electrons. The molecule has 94 valence electrons. The fourth-order valence-electron chi connectivity index (χ4n) is 2.11. The van der Waals surface area contributed by atoms with Gasteiger partial charge in [0.15, 0.2) is 11.3 Å². The topological polar surface area (TPSA) is 83.8 Å². The molecule has 0 aliphatic carbocycles. The second kappa shape index (κ2) is 4.34. The first-order chi connectivity index (χ1) is 8.79. The minimum absolute atomic E-state index is 0.361. The highest BCUT2D eigenvalue weighted by atomic mass is 15.3. The van der Waals surface area contributed by atoms with Crippen LogP contribution in [0.25, 0.3) is 16.8 Å². The van der Waals surface area contributed by atoms with Gasteiger partial charge in [-0.3, -0.25) is 4.40 Å². The van der Waals surface area contributed by atoms with Gasteiger partial charge in [0.1, 0.15) is 17.7 Å². The van der Waals surface area contributed by atoms with Gasteiger partial charge in [0.05, 0.1) is 6.33 Å². The van der Waals surface area contributed by atoms with E-state index in [0.29, 0.717) is 11.7 Å². The van der Waals surface area contributed by atoms with Gasteiger partial charge in [0.25, 0.3) is 0 Å². The van der Waals surface area contributed by atoms with E-state index in [1.165, 1.54) is 0 Å². The summed E-state index contributed by atoms with van der Waals surface area (Å²) in [6, 6.07) is 0.361. The first-order valence-corrected chi connectivity index (χ1v) is 6.04. The lowest BCUT2D eigenvalue weighted by molar-refractivity contribution is 0.549. The van der Waals surface area contributed by atoms with E-state index in [1.807, 2.05) is 4.40 Å². The smallest absolute Gasteiger partial charge is 0.189 e. The summed E-state index contributed by atoms with van der Waals surface area (Å²) in [5.74, 6) is 0.905. The predicted molar refractivity (Wildman–Crippen MR) is 67.3 cm³/mol. The molecular formula is C11H15N7. The van der Waals surface area contributed by atoms with Crippen LogP contribution in [0.3, 0.4) is 0 Å². The molecule has 1 unspecified atom stereocenters. The Morgan fingerprint density at radius 1 is 1.39 bits per heavy atom. The number of imidazole rings is 1. The third-order valence-corrected chi connectivity index (χ3v) is 2.95. The zero-order valence-electron chi connectivity index (χ0n) is 10.4. The molecule has 0 aromatic carbocycles. The van der Waals surface area contributed by atoms with Crippen LogP contribution in [0, 0.1) is 0 Å². The highest BCUT2D eigenvalue weighted by Crippen LogP contribution is 2.13. The van der Waals surface area contributed by atoms with Crippen LogP contribution in [0.4, 0.5) is 0 Å². The monoisotopic (exact) mass is 245 g/mol. The minimum atomic E-state index is 0.361. The Kier molecular flexibility index (Phi) is 2.67. The average molecular weight is 245 g/mol. The number of fused-ring (bicyclic) bond motifs is 3. The van der Waals surface area contributed by atoms with Crippen LogP contribution in [-0.2, 0) is 6.42 Å². The molecule has 1 atom stereocenters. The van der Waals surface area contributed by atoms with Crippen LogP contribution in [0.15, 0.2) is 12.7 Å². The van der Waals surface area contributed by atoms with Gasteiger partial charge in [-0.2, -0.15) is 0 Å². The number of aromatic amines is 1. The fraction of sp³-hybridized carbons (Fsp3) is 0.455. The zero-order valence-corrected chi connectivity index (χ0v) is 10.4. The molecule has 3 aromatic heterocycles. The normalized spacial score (nSPS) is 13.4. The van der Waals surface area contributed by atoms with Crippen molar-refractivity contribution in [1.29, 1.82) is 0 Å². The molecule has 7 nitrogen and oxygen atoms in total. The Labute approximate surface area is 104 Å². The van der Waals surface area contributed by atoms with Gasteiger partial charge in [-0.25, -0.2) is 9.97 Å². The quantitative estimate of drug-likeness (QED) is 0.701. The third-order valence-electron chi connectivity index (χ3n) is 2.95. The molecule has 3 rings (SSSR count). The van der Waals surface area contributed by atoms with Gasteiger partial charge < -0.3 is 10.3 Å². The van der Waals surface area contributed by atoms with Gasteiger partial charge in [-0.1, -0.05) is 6.92 Å². The minimum Gasteiger partial charge on any atom is -0.340 e. The molecule has 0 amide bonds. The van der Waals surface area contributed by atoms with E-state index in [-0.39, 0.29) is 0 Å². The maximum Gasteiger partial charge on any atom is 0.189 e. The van der Waals surface area contributed by atoms with E-state index in [0.717, 1.165) is 30.0 Å². The Bertz CT molecular complexity index is 668. The van der Waals surface area contributed by atoms with Crippen LogP contribution in [0.2, 0.25) is 0 Å². The Balaban J connectivity index is 2.03. The molecule has 0 bridgehead atoms. The number of nitrogens with one attached hydrogen (secondary N) is 2. The Morgan fingerprint density at radius 2 is 2.28 bits per heavy atom. The first kappa shape index (κ1) is 11.1. The van der Waals surface area contributed by atoms with Gasteiger partial charge >= 0.3 is 0 Å². The van der Waals surface area contributed by atoms with Gasteiger partial charge in [0, 0.05) is 12.5 Å². The van der Waals surface area contributed by atoms with Crippen molar-refractivity contribution in [3.8, 4) is 0 Å². The maximum atomic E-state index is 4.28. The van der Waals surface area contributed by atoms with E-state index in [1.54, 1.807) is 12.7 Å². The third kappa shape index (κ3) is 1.72. The summed E-state index contributed by atoms with van der Waals surface area (Å²) in [4.78, 5) is 11.4. The summed E-state index contributed by atoms with van der Waals surface area (Å²) in [6.07, 6.45) is 4.16. The Hall–Kier alpha value is -2.02. The largest absolute Gasteiger partial charge is 0.340 e. The molecule has 18 heavy (non-hydrogen) atoms. The maximum absolute atomic E-state index is 4.28. The number of nitrogens with zero attached hydrogens (tertiary/aromatic N) is 5. The standard InChI is InChI=1S/C11H15N7/c1-3-12-7(2)4-8-16-17-11-9-10(14-5-13-9)15-6-18(8)11/h5-7,12H,3-4H2,1-2H3,(H,13,14). The molecular weight excluding hydrogens is 230 g/mol. The molecule has 0 aliphatic rings. The van der Waals surface area contributed by atoms with Crippen LogP contribution in [0.5, 0.6) is 0 Å². The number of rotatable bonds is 4. The average Bonchev–Trinajstić information content (AvgIpc) is 2.95. The summed E-state index contributed by atoms with van der Waals surface area (Å²) in [6.45, 7) is 5.17. The summed E-state index contributed by atoms with van der Waals surface area (Å²) in [5.41, 5.74) is 2.27. The van der Waals surface area contributed by atoms with Crippen molar-refractivity contribution in [3.63, 3.8) is 0 Å². The van der Waals surface area contributed by atoms with Crippen molar-refractivity contribution in [2.75, 3.05) is 6.54 Å². The van der Waals surface area contributed by atoms with E-state index in [2.05, 4.69) is 44.3 Å². The Morgan fingerprint density at radius 3 is 3.11 bits per heavy atom. The van der Waals surface area contributed by atoms with Gasteiger partial charge in [-0.05, 0) is 13.5 Å². The number of hydrogen-bond donors (Lipinski definition) is 2. The van der Waals surface area contributed by atoms with E-state index in [9.17, 15) is 0 Å². The molecule has 0 saturated carbocycles. The molecule has 0 saturated heterocycles. The molecule has 0 spiro atoms. The predicted octanol–water partition coefficient (Wildman–Crippen LogP) is 0.541.